The highest BCUT2D eigenvalue weighted by Crippen LogP contribution is 2.30. The van der Waals surface area contributed by atoms with E-state index in [1.165, 1.54) is 22.5 Å². The van der Waals surface area contributed by atoms with Gasteiger partial charge >= 0.3 is 0 Å². The topological polar surface area (TPSA) is 50.1 Å². The predicted molar refractivity (Wildman–Crippen MR) is 147 cm³/mol. The fourth-order valence-electron chi connectivity index (χ4n) is 5.09. The largest absolute Gasteiger partial charge is 0.497 e. The second-order valence-electron chi connectivity index (χ2n) is 9.18. The lowest BCUT2D eigenvalue weighted by atomic mass is 9.96. The van der Waals surface area contributed by atoms with Crippen LogP contribution in [0.5, 0.6) is 5.75 Å². The van der Waals surface area contributed by atoms with Gasteiger partial charge in [-0.2, -0.15) is 0 Å². The van der Waals surface area contributed by atoms with Crippen molar-refractivity contribution in [3.8, 4) is 17.0 Å². The summed E-state index contributed by atoms with van der Waals surface area (Å²) >= 11 is 1.49. The summed E-state index contributed by atoms with van der Waals surface area (Å²) in [5.41, 5.74) is 5.01. The van der Waals surface area contributed by atoms with E-state index in [9.17, 15) is 4.79 Å². The van der Waals surface area contributed by atoms with E-state index >= 15 is 0 Å². The maximum Gasteiger partial charge on any atom is 0.271 e. The maximum absolute atomic E-state index is 13.6. The Kier molecular flexibility index (Phi) is 6.47. The fourth-order valence-corrected chi connectivity index (χ4v) is 5.94. The number of methoxy groups -OCH3 is 1. The second kappa shape index (κ2) is 10.2. The summed E-state index contributed by atoms with van der Waals surface area (Å²) in [7, 11) is 1.66. The molecule has 7 heteroatoms. The van der Waals surface area contributed by atoms with Gasteiger partial charge in [0.1, 0.15) is 11.4 Å². The normalized spacial score (nSPS) is 14.4. The molecule has 0 spiro atoms. The number of aromatic nitrogens is 2. The molecule has 1 aliphatic rings. The molecule has 0 N–H and O–H groups in total. The van der Waals surface area contributed by atoms with Crippen LogP contribution in [0.1, 0.15) is 27.7 Å². The number of hydrogen-bond acceptors (Lipinski definition) is 5. The van der Waals surface area contributed by atoms with Crippen LogP contribution < -0.4 is 4.74 Å². The van der Waals surface area contributed by atoms with Crippen molar-refractivity contribution in [3.05, 3.63) is 113 Å². The number of thiazole rings is 1. The van der Waals surface area contributed by atoms with Gasteiger partial charge in [0.15, 0.2) is 4.96 Å². The number of benzene rings is 3. The van der Waals surface area contributed by atoms with Crippen molar-refractivity contribution in [2.24, 2.45) is 0 Å². The minimum Gasteiger partial charge on any atom is -0.497 e. The molecule has 5 aromatic rings. The Morgan fingerprint density at radius 1 is 0.892 bits per heavy atom. The van der Waals surface area contributed by atoms with Crippen molar-refractivity contribution < 1.29 is 9.53 Å². The zero-order valence-corrected chi connectivity index (χ0v) is 21.5. The molecule has 186 valence electrons. The first-order chi connectivity index (χ1) is 18.2. The number of piperazine rings is 1. The molecule has 0 bridgehead atoms. The molecule has 1 saturated heterocycles. The van der Waals surface area contributed by atoms with E-state index in [1.807, 2.05) is 45.1 Å². The SMILES string of the molecule is COc1cccc(-c2cn3c(C(=O)N4CCN(C(c5ccccc5)c5ccccc5)CC4)csc3n2)c1. The number of fused-ring (bicyclic) bond motifs is 1. The van der Waals surface area contributed by atoms with Gasteiger partial charge in [-0.25, -0.2) is 4.98 Å². The lowest BCUT2D eigenvalue weighted by Crippen LogP contribution is -2.50. The third-order valence-electron chi connectivity index (χ3n) is 6.99. The highest BCUT2D eigenvalue weighted by atomic mass is 32.1. The fraction of sp³-hybridized carbons (Fsp3) is 0.200. The summed E-state index contributed by atoms with van der Waals surface area (Å²) in [6.45, 7) is 2.99. The van der Waals surface area contributed by atoms with Crippen LogP contribution in [0.4, 0.5) is 0 Å². The van der Waals surface area contributed by atoms with Crippen molar-refractivity contribution in [3.63, 3.8) is 0 Å². The van der Waals surface area contributed by atoms with Crippen molar-refractivity contribution in [2.75, 3.05) is 33.3 Å². The molecule has 0 atom stereocenters. The maximum atomic E-state index is 13.6. The van der Waals surface area contributed by atoms with Crippen LogP contribution in [-0.4, -0.2) is 58.4 Å². The smallest absolute Gasteiger partial charge is 0.271 e. The first-order valence-corrected chi connectivity index (χ1v) is 13.3. The predicted octanol–water partition coefficient (Wildman–Crippen LogP) is 5.62. The van der Waals surface area contributed by atoms with Gasteiger partial charge in [-0.1, -0.05) is 72.8 Å². The molecular formula is C30H28N4O2S. The van der Waals surface area contributed by atoms with Gasteiger partial charge in [-0.15, -0.1) is 11.3 Å². The highest BCUT2D eigenvalue weighted by molar-refractivity contribution is 7.15. The number of hydrogen-bond donors (Lipinski definition) is 0. The van der Waals surface area contributed by atoms with E-state index in [4.69, 9.17) is 9.72 Å². The summed E-state index contributed by atoms with van der Waals surface area (Å²) in [6, 6.07) is 29.3. The summed E-state index contributed by atoms with van der Waals surface area (Å²) < 4.78 is 7.28. The third kappa shape index (κ3) is 4.63. The van der Waals surface area contributed by atoms with Crippen molar-refractivity contribution >= 4 is 22.2 Å². The standard InChI is InChI=1S/C30H28N4O2S/c1-36-25-14-8-13-24(19-25)26-20-34-27(21-37-30(34)31-26)29(35)33-17-15-32(16-18-33)28(22-9-4-2-5-10-22)23-11-6-3-7-12-23/h2-14,19-21,28H,15-18H2,1H3. The van der Waals surface area contributed by atoms with Crippen LogP contribution in [0.3, 0.4) is 0 Å². The Morgan fingerprint density at radius 3 is 2.22 bits per heavy atom. The minimum atomic E-state index is 0.0523. The summed E-state index contributed by atoms with van der Waals surface area (Å²) in [6.07, 6.45) is 1.95. The van der Waals surface area contributed by atoms with Crippen LogP contribution in [0.15, 0.2) is 96.5 Å². The number of amides is 1. The molecule has 2 aromatic heterocycles. The Labute approximate surface area is 220 Å². The van der Waals surface area contributed by atoms with Crippen LogP contribution in [0, 0.1) is 0 Å². The molecule has 1 fully saturated rings. The first kappa shape index (κ1) is 23.5. The Bertz CT molecular complexity index is 1470. The number of ether oxygens (including phenoxy) is 1. The van der Waals surface area contributed by atoms with Crippen LogP contribution >= 0.6 is 11.3 Å². The molecule has 0 unspecified atom stereocenters. The number of carbonyl (C=O) groups is 1. The molecular weight excluding hydrogens is 480 g/mol. The number of imidazole rings is 1. The Morgan fingerprint density at radius 2 is 1.57 bits per heavy atom. The number of carbonyl (C=O) groups excluding carboxylic acids is 1. The molecule has 6 nitrogen and oxygen atoms in total. The number of rotatable bonds is 6. The van der Waals surface area contributed by atoms with Gasteiger partial charge in [0.2, 0.25) is 0 Å². The molecule has 37 heavy (non-hydrogen) atoms. The van der Waals surface area contributed by atoms with Crippen molar-refractivity contribution in [2.45, 2.75) is 6.04 Å². The molecule has 1 amide bonds. The van der Waals surface area contributed by atoms with E-state index in [1.54, 1.807) is 7.11 Å². The van der Waals surface area contributed by atoms with E-state index in [0.717, 1.165) is 35.1 Å². The van der Waals surface area contributed by atoms with Crippen molar-refractivity contribution in [1.82, 2.24) is 19.2 Å². The summed E-state index contributed by atoms with van der Waals surface area (Å²) in [5, 5.41) is 1.92. The van der Waals surface area contributed by atoms with E-state index in [-0.39, 0.29) is 11.9 Å². The molecule has 0 aliphatic carbocycles. The average molecular weight is 509 g/mol. The molecule has 0 saturated carbocycles. The molecule has 1 aliphatic heterocycles. The summed E-state index contributed by atoms with van der Waals surface area (Å²) in [4.78, 5) is 23.6. The third-order valence-corrected chi connectivity index (χ3v) is 7.83. The van der Waals surface area contributed by atoms with Gasteiger partial charge < -0.3 is 9.64 Å². The zero-order valence-electron chi connectivity index (χ0n) is 20.7. The quantitative estimate of drug-likeness (QED) is 0.299. The Balaban J connectivity index is 1.20. The zero-order chi connectivity index (χ0) is 25.2. The lowest BCUT2D eigenvalue weighted by Gasteiger charge is -2.39. The highest BCUT2D eigenvalue weighted by Gasteiger charge is 2.29. The van der Waals surface area contributed by atoms with E-state index < -0.39 is 0 Å². The molecule has 6 rings (SSSR count). The summed E-state index contributed by atoms with van der Waals surface area (Å²) in [5.74, 6) is 0.837. The molecule has 0 radical (unpaired) electrons. The molecule has 3 aromatic carbocycles. The van der Waals surface area contributed by atoms with E-state index in [2.05, 4.69) is 65.6 Å². The van der Waals surface area contributed by atoms with E-state index in [0.29, 0.717) is 18.8 Å². The van der Waals surface area contributed by atoms with Gasteiger partial charge in [0, 0.05) is 43.3 Å². The lowest BCUT2D eigenvalue weighted by molar-refractivity contribution is 0.0591. The number of nitrogens with zero attached hydrogens (tertiary/aromatic N) is 4. The van der Waals surface area contributed by atoms with Crippen LogP contribution in [0.2, 0.25) is 0 Å². The van der Waals surface area contributed by atoms with Gasteiger partial charge in [-0.3, -0.25) is 14.1 Å². The van der Waals surface area contributed by atoms with Crippen LogP contribution in [-0.2, 0) is 0 Å². The monoisotopic (exact) mass is 508 g/mol. The van der Waals surface area contributed by atoms with Gasteiger partial charge in [-0.05, 0) is 23.3 Å². The molecule has 3 heterocycles. The van der Waals surface area contributed by atoms with Gasteiger partial charge in [0.25, 0.3) is 5.91 Å². The average Bonchev–Trinajstić information content (AvgIpc) is 3.56. The van der Waals surface area contributed by atoms with Gasteiger partial charge in [0.05, 0.1) is 18.8 Å². The second-order valence-corrected chi connectivity index (χ2v) is 10.0. The minimum absolute atomic E-state index is 0.0523. The first-order valence-electron chi connectivity index (χ1n) is 12.5. The Hall–Kier alpha value is -3.94. The van der Waals surface area contributed by atoms with Crippen LogP contribution in [0.25, 0.3) is 16.2 Å². The van der Waals surface area contributed by atoms with Crippen molar-refractivity contribution in [1.29, 1.82) is 0 Å².